The molecule has 0 radical (unpaired) electrons. The Kier molecular flexibility index (Phi) is 3.23. The van der Waals surface area contributed by atoms with Crippen LogP contribution in [0.5, 0.6) is 0 Å². The van der Waals surface area contributed by atoms with Crippen molar-refractivity contribution in [3.63, 3.8) is 0 Å². The van der Waals surface area contributed by atoms with Gasteiger partial charge in [0.25, 0.3) is 11.5 Å². The number of pyridine rings is 1. The van der Waals surface area contributed by atoms with Crippen LogP contribution in [-0.4, -0.2) is 26.9 Å². The number of rotatable bonds is 1. The second kappa shape index (κ2) is 5.28. The highest BCUT2D eigenvalue weighted by Crippen LogP contribution is 2.27. The van der Waals surface area contributed by atoms with E-state index in [0.29, 0.717) is 24.7 Å². The number of aromatic amines is 1. The van der Waals surface area contributed by atoms with E-state index in [2.05, 4.69) is 15.6 Å². The van der Waals surface area contributed by atoms with Crippen molar-refractivity contribution in [2.45, 2.75) is 13.1 Å². The van der Waals surface area contributed by atoms with Crippen LogP contribution in [0, 0.1) is 0 Å². The van der Waals surface area contributed by atoms with E-state index >= 15 is 0 Å². The van der Waals surface area contributed by atoms with Crippen LogP contribution in [-0.2, 0) is 13.1 Å². The normalized spacial score (nSPS) is 14.0. The predicted molar refractivity (Wildman–Crippen MR) is 88.8 cm³/mol. The molecule has 0 bridgehead atoms. The summed E-state index contributed by atoms with van der Waals surface area (Å²) >= 11 is 6.08. The number of aromatic nitrogens is 2. The number of benzene rings is 1. The first-order valence-corrected chi connectivity index (χ1v) is 7.76. The molecule has 3 heterocycles. The number of amides is 1. The van der Waals surface area contributed by atoms with E-state index in [9.17, 15) is 9.59 Å². The molecule has 116 valence electrons. The summed E-state index contributed by atoms with van der Waals surface area (Å²) in [6.45, 7) is 1.74. The van der Waals surface area contributed by atoms with Crippen molar-refractivity contribution in [3.05, 3.63) is 69.2 Å². The molecule has 5 nitrogen and oxygen atoms in total. The largest absolute Gasteiger partial charge is 0.341 e. The summed E-state index contributed by atoms with van der Waals surface area (Å²) < 4.78 is 2.18. The Balaban J connectivity index is 1.69. The van der Waals surface area contributed by atoms with Gasteiger partial charge < -0.3 is 14.5 Å². The second-order valence-electron chi connectivity index (χ2n) is 5.63. The molecule has 23 heavy (non-hydrogen) atoms. The molecule has 6 heteroatoms. The molecule has 0 atom stereocenters. The molecular weight excluding hydrogens is 314 g/mol. The van der Waals surface area contributed by atoms with Gasteiger partial charge in [-0.05, 0) is 30.3 Å². The fourth-order valence-electron chi connectivity index (χ4n) is 3.11. The SMILES string of the molecule is O=C(c1ccc[nH]c1=O)N1CCn2c(cc3ccc(Cl)cc32)C1. The van der Waals surface area contributed by atoms with Crippen LogP contribution in [0.15, 0.2) is 47.4 Å². The van der Waals surface area contributed by atoms with E-state index in [1.54, 1.807) is 17.0 Å². The molecule has 1 aliphatic heterocycles. The Labute approximate surface area is 137 Å². The third-order valence-electron chi connectivity index (χ3n) is 4.23. The van der Waals surface area contributed by atoms with Gasteiger partial charge in [-0.25, -0.2) is 0 Å². The molecule has 1 aliphatic rings. The Morgan fingerprint density at radius 2 is 2.04 bits per heavy atom. The van der Waals surface area contributed by atoms with Crippen molar-refractivity contribution >= 4 is 28.4 Å². The van der Waals surface area contributed by atoms with E-state index in [4.69, 9.17) is 11.6 Å². The number of fused-ring (bicyclic) bond motifs is 3. The highest BCUT2D eigenvalue weighted by molar-refractivity contribution is 6.31. The van der Waals surface area contributed by atoms with Crippen molar-refractivity contribution in [3.8, 4) is 0 Å². The Bertz CT molecular complexity index is 973. The van der Waals surface area contributed by atoms with Crippen molar-refractivity contribution in [1.29, 1.82) is 0 Å². The minimum Gasteiger partial charge on any atom is -0.341 e. The third-order valence-corrected chi connectivity index (χ3v) is 4.47. The molecule has 0 unspecified atom stereocenters. The topological polar surface area (TPSA) is 58.1 Å². The Hall–Kier alpha value is -2.53. The highest BCUT2D eigenvalue weighted by Gasteiger charge is 2.24. The number of nitrogens with zero attached hydrogens (tertiary/aromatic N) is 2. The van der Waals surface area contributed by atoms with Gasteiger partial charge in [0.1, 0.15) is 5.56 Å². The zero-order chi connectivity index (χ0) is 16.0. The summed E-state index contributed by atoms with van der Waals surface area (Å²) in [7, 11) is 0. The fourth-order valence-corrected chi connectivity index (χ4v) is 3.28. The second-order valence-corrected chi connectivity index (χ2v) is 6.07. The highest BCUT2D eigenvalue weighted by atomic mass is 35.5. The van der Waals surface area contributed by atoms with Crippen molar-refractivity contribution < 1.29 is 4.79 Å². The molecule has 4 rings (SSSR count). The minimum absolute atomic E-state index is 0.181. The Morgan fingerprint density at radius 1 is 1.17 bits per heavy atom. The number of halogens is 1. The van der Waals surface area contributed by atoms with Crippen LogP contribution in [0.25, 0.3) is 10.9 Å². The van der Waals surface area contributed by atoms with Crippen molar-refractivity contribution in [2.75, 3.05) is 6.54 Å². The van der Waals surface area contributed by atoms with Crippen LogP contribution in [0.3, 0.4) is 0 Å². The van der Waals surface area contributed by atoms with Crippen LogP contribution >= 0.6 is 11.6 Å². The van der Waals surface area contributed by atoms with Gasteiger partial charge in [0.15, 0.2) is 0 Å². The molecule has 2 aromatic heterocycles. The maximum absolute atomic E-state index is 12.6. The molecule has 1 aromatic carbocycles. The Morgan fingerprint density at radius 3 is 2.87 bits per heavy atom. The summed E-state index contributed by atoms with van der Waals surface area (Å²) in [6, 6.07) is 11.1. The molecule has 0 spiro atoms. The van der Waals surface area contributed by atoms with Crippen LogP contribution in [0.4, 0.5) is 0 Å². The van der Waals surface area contributed by atoms with Crippen LogP contribution in [0.1, 0.15) is 16.1 Å². The van der Waals surface area contributed by atoms with Gasteiger partial charge in [-0.2, -0.15) is 0 Å². The number of carbonyl (C=O) groups excluding carboxylic acids is 1. The maximum Gasteiger partial charge on any atom is 0.260 e. The number of carbonyl (C=O) groups is 1. The average molecular weight is 328 g/mol. The lowest BCUT2D eigenvalue weighted by Crippen LogP contribution is -2.40. The third kappa shape index (κ3) is 2.33. The quantitative estimate of drug-likeness (QED) is 0.747. The first kappa shape index (κ1) is 14.1. The summed E-state index contributed by atoms with van der Waals surface area (Å²) in [5, 5.41) is 1.81. The molecule has 0 saturated heterocycles. The van der Waals surface area contributed by atoms with E-state index in [1.165, 1.54) is 6.20 Å². The number of H-pyrrole nitrogens is 1. The maximum atomic E-state index is 12.6. The zero-order valence-corrected chi connectivity index (χ0v) is 13.0. The monoisotopic (exact) mass is 327 g/mol. The van der Waals surface area contributed by atoms with Gasteiger partial charge in [0.05, 0.1) is 6.54 Å². The summed E-state index contributed by atoms with van der Waals surface area (Å²) in [5.41, 5.74) is 1.96. The summed E-state index contributed by atoms with van der Waals surface area (Å²) in [4.78, 5) is 28.6. The minimum atomic E-state index is -0.351. The van der Waals surface area contributed by atoms with Crippen LogP contribution in [0.2, 0.25) is 5.02 Å². The van der Waals surface area contributed by atoms with Gasteiger partial charge in [-0.15, -0.1) is 0 Å². The zero-order valence-electron chi connectivity index (χ0n) is 12.3. The van der Waals surface area contributed by atoms with Gasteiger partial charge >= 0.3 is 0 Å². The van der Waals surface area contributed by atoms with E-state index in [-0.39, 0.29) is 17.0 Å². The lowest BCUT2D eigenvalue weighted by molar-refractivity contribution is 0.0711. The molecule has 1 N–H and O–H groups in total. The number of hydrogen-bond donors (Lipinski definition) is 1. The van der Waals surface area contributed by atoms with Gasteiger partial charge in [-0.1, -0.05) is 17.7 Å². The smallest absolute Gasteiger partial charge is 0.260 e. The fraction of sp³-hybridized carbons (Fsp3) is 0.176. The molecular formula is C17H14ClN3O2. The van der Waals surface area contributed by atoms with Gasteiger partial charge in [-0.3, -0.25) is 9.59 Å². The van der Waals surface area contributed by atoms with Gasteiger partial charge in [0, 0.05) is 40.9 Å². The van der Waals surface area contributed by atoms with Crippen molar-refractivity contribution in [2.24, 2.45) is 0 Å². The predicted octanol–water partition coefficient (Wildman–Crippen LogP) is 2.64. The van der Waals surface area contributed by atoms with Crippen molar-refractivity contribution in [1.82, 2.24) is 14.5 Å². The van der Waals surface area contributed by atoms with E-state index < -0.39 is 0 Å². The molecule has 0 saturated carbocycles. The van der Waals surface area contributed by atoms with E-state index in [0.717, 1.165) is 16.6 Å². The molecule has 1 amide bonds. The van der Waals surface area contributed by atoms with Gasteiger partial charge in [0.2, 0.25) is 0 Å². The molecule has 0 aliphatic carbocycles. The lowest BCUT2D eigenvalue weighted by Gasteiger charge is -2.28. The van der Waals surface area contributed by atoms with Crippen LogP contribution < -0.4 is 5.56 Å². The molecule has 3 aromatic rings. The average Bonchev–Trinajstić information content (AvgIpc) is 2.91. The van der Waals surface area contributed by atoms with E-state index in [1.807, 2.05) is 18.2 Å². The summed E-state index contributed by atoms with van der Waals surface area (Å²) in [6.07, 6.45) is 1.52. The lowest BCUT2D eigenvalue weighted by atomic mass is 10.2. The first-order chi connectivity index (χ1) is 11.1. The number of nitrogens with one attached hydrogen (secondary N) is 1. The number of hydrogen-bond acceptors (Lipinski definition) is 2. The first-order valence-electron chi connectivity index (χ1n) is 7.38. The summed E-state index contributed by atoms with van der Waals surface area (Å²) in [5.74, 6) is -0.235. The molecule has 0 fully saturated rings. The standard InChI is InChI=1S/C17H14ClN3O2/c18-12-4-3-11-8-13-10-20(6-7-21(13)15(11)9-12)17(23)14-2-1-5-19-16(14)22/h1-5,8-9H,6-7,10H2,(H,19,22).